The van der Waals surface area contributed by atoms with Crippen LogP contribution in [0.3, 0.4) is 0 Å². The van der Waals surface area contributed by atoms with Gasteiger partial charge in [-0.05, 0) is 82.2 Å². The van der Waals surface area contributed by atoms with Crippen LogP contribution in [0, 0.1) is 39.0 Å². The van der Waals surface area contributed by atoms with Gasteiger partial charge in [0.05, 0.1) is 12.2 Å². The van der Waals surface area contributed by atoms with E-state index in [0.29, 0.717) is 17.9 Å². The number of amides is 1. The van der Waals surface area contributed by atoms with E-state index in [1.54, 1.807) is 25.1 Å². The zero-order chi connectivity index (χ0) is 24.3. The number of nitriles is 1. The molecule has 2 aromatic heterocycles. The van der Waals surface area contributed by atoms with Gasteiger partial charge in [0, 0.05) is 26.4 Å². The number of aromatic nitrogens is 1. The van der Waals surface area contributed by atoms with Gasteiger partial charge in [0.1, 0.15) is 16.6 Å². The number of benzene rings is 1. The van der Waals surface area contributed by atoms with Crippen LogP contribution in [0.15, 0.2) is 40.4 Å². The van der Waals surface area contributed by atoms with Gasteiger partial charge < -0.3 is 14.6 Å². The Hall–Kier alpha value is -3.15. The molecule has 0 saturated carbocycles. The van der Waals surface area contributed by atoms with Crippen LogP contribution in [0.1, 0.15) is 44.7 Å². The summed E-state index contributed by atoms with van der Waals surface area (Å²) >= 11 is 4.87. The van der Waals surface area contributed by atoms with Gasteiger partial charge in [0.25, 0.3) is 5.91 Å². The van der Waals surface area contributed by atoms with Crippen LogP contribution in [-0.4, -0.2) is 23.1 Å². The highest BCUT2D eigenvalue weighted by molar-refractivity contribution is 9.10. The monoisotopic (exact) mass is 525 g/mol. The lowest BCUT2D eigenvalue weighted by Crippen LogP contribution is -2.13. The van der Waals surface area contributed by atoms with Gasteiger partial charge in [-0.3, -0.25) is 4.79 Å². The second-order valence-corrected chi connectivity index (χ2v) is 9.60. The fourth-order valence-electron chi connectivity index (χ4n) is 3.49. The maximum atomic E-state index is 12.7. The third-order valence-corrected chi connectivity index (χ3v) is 7.01. The van der Waals surface area contributed by atoms with Gasteiger partial charge in [0.2, 0.25) is 0 Å². The molecule has 170 valence electrons. The Bertz CT molecular complexity index is 1290. The molecule has 33 heavy (non-hydrogen) atoms. The average Bonchev–Trinajstić information content (AvgIpc) is 3.21. The van der Waals surface area contributed by atoms with E-state index in [1.807, 2.05) is 56.5 Å². The van der Waals surface area contributed by atoms with Gasteiger partial charge in [-0.2, -0.15) is 5.26 Å². The Kier molecular flexibility index (Phi) is 7.57. The summed E-state index contributed by atoms with van der Waals surface area (Å²) in [6.45, 7) is 9.79. The number of ether oxygens (including phenoxy) is 1. The molecule has 0 radical (unpaired) electrons. The van der Waals surface area contributed by atoms with Crippen LogP contribution in [0.4, 0.5) is 5.69 Å². The van der Waals surface area contributed by atoms with Crippen LogP contribution in [0.5, 0.6) is 0 Å². The fourth-order valence-corrected chi connectivity index (χ4v) is 5.01. The highest BCUT2D eigenvalue weighted by atomic mass is 79.9. The summed E-state index contributed by atoms with van der Waals surface area (Å²) in [7, 11) is 0. The molecule has 1 N–H and O–H groups in total. The molecule has 0 bridgehead atoms. The number of nitrogens with zero attached hydrogens (tertiary/aromatic N) is 2. The number of thiophene rings is 1. The van der Waals surface area contributed by atoms with Gasteiger partial charge >= 0.3 is 5.97 Å². The predicted molar refractivity (Wildman–Crippen MR) is 135 cm³/mol. The smallest absolute Gasteiger partial charge is 0.341 e. The number of hydrogen-bond donors (Lipinski definition) is 1. The molecule has 0 unspecified atom stereocenters. The first-order chi connectivity index (χ1) is 15.7. The summed E-state index contributed by atoms with van der Waals surface area (Å²) in [4.78, 5) is 26.4. The van der Waals surface area contributed by atoms with Crippen molar-refractivity contribution in [2.75, 3.05) is 11.9 Å². The van der Waals surface area contributed by atoms with Gasteiger partial charge in [-0.1, -0.05) is 15.9 Å². The number of esters is 1. The highest BCUT2D eigenvalue weighted by Crippen LogP contribution is 2.35. The lowest BCUT2D eigenvalue weighted by atomic mass is 10.1. The van der Waals surface area contributed by atoms with E-state index >= 15 is 0 Å². The molecular weight excluding hydrogens is 502 g/mol. The molecule has 8 heteroatoms. The van der Waals surface area contributed by atoms with E-state index < -0.39 is 5.91 Å². The van der Waals surface area contributed by atoms with Crippen molar-refractivity contribution in [3.8, 4) is 11.1 Å². The van der Waals surface area contributed by atoms with E-state index in [4.69, 9.17) is 4.74 Å². The fraction of sp³-hybridized carbons (Fsp3) is 0.240. The molecule has 3 rings (SSSR count). The maximum absolute atomic E-state index is 12.7. The molecular formula is C25H24BrN3O3S. The number of aryl methyl sites for hydroxylation is 2. The molecule has 0 aliphatic heterocycles. The van der Waals surface area contributed by atoms with Crippen molar-refractivity contribution in [1.82, 2.24) is 4.57 Å². The van der Waals surface area contributed by atoms with Gasteiger partial charge in [0.15, 0.2) is 0 Å². The Balaban J connectivity index is 2.01. The van der Waals surface area contributed by atoms with Crippen molar-refractivity contribution in [1.29, 1.82) is 5.26 Å². The lowest BCUT2D eigenvalue weighted by molar-refractivity contribution is -0.112. The molecule has 0 atom stereocenters. The molecule has 0 aliphatic rings. The van der Waals surface area contributed by atoms with Gasteiger partial charge in [-0.15, -0.1) is 11.3 Å². The van der Waals surface area contributed by atoms with E-state index in [2.05, 4.69) is 21.2 Å². The first kappa shape index (κ1) is 24.5. The van der Waals surface area contributed by atoms with Gasteiger partial charge in [-0.25, -0.2) is 4.79 Å². The summed E-state index contributed by atoms with van der Waals surface area (Å²) in [6.07, 6.45) is 1.57. The standard InChI is InChI=1S/C25H24BrN3O3S/c1-6-32-25(31)22-15(3)17(5)33-24(22)29-14(2)11-18(16(29)4)12-19(13-27)23(30)28-21-9-7-20(26)8-10-21/h7-12H,6H2,1-5H3,(H,28,30)/b19-12-. The molecule has 6 nitrogen and oxygen atoms in total. The number of halogens is 1. The molecule has 0 aliphatic carbocycles. The Morgan fingerprint density at radius 3 is 2.48 bits per heavy atom. The zero-order valence-corrected chi connectivity index (χ0v) is 21.5. The van der Waals surface area contributed by atoms with E-state index in [0.717, 1.165) is 36.9 Å². The summed E-state index contributed by atoms with van der Waals surface area (Å²) in [5, 5.41) is 13.1. The number of rotatable bonds is 6. The minimum absolute atomic E-state index is 0.0117. The predicted octanol–water partition coefficient (Wildman–Crippen LogP) is 6.26. The van der Waals surface area contributed by atoms with E-state index in [-0.39, 0.29) is 11.5 Å². The first-order valence-corrected chi connectivity index (χ1v) is 11.9. The number of carbonyl (C=O) groups is 2. The number of anilines is 1. The summed E-state index contributed by atoms with van der Waals surface area (Å²) in [5.74, 6) is -0.842. The van der Waals surface area contributed by atoms with Crippen molar-refractivity contribution < 1.29 is 14.3 Å². The van der Waals surface area contributed by atoms with Crippen LogP contribution in [0.25, 0.3) is 11.1 Å². The quantitative estimate of drug-likeness (QED) is 0.234. The largest absolute Gasteiger partial charge is 0.462 e. The molecule has 0 saturated heterocycles. The third-order valence-electron chi connectivity index (χ3n) is 5.29. The normalized spacial score (nSPS) is 11.2. The SMILES string of the molecule is CCOC(=O)c1c(-n2c(C)cc(/C=C(/C#N)C(=O)Nc3ccc(Br)cc3)c2C)sc(C)c1C. The van der Waals surface area contributed by atoms with Crippen LogP contribution in [0.2, 0.25) is 0 Å². The van der Waals surface area contributed by atoms with Crippen molar-refractivity contribution in [2.45, 2.75) is 34.6 Å². The topological polar surface area (TPSA) is 84.1 Å². The number of carbonyl (C=O) groups excluding carboxylic acids is 2. The zero-order valence-electron chi connectivity index (χ0n) is 19.1. The van der Waals surface area contributed by atoms with E-state index in [9.17, 15) is 14.9 Å². The van der Waals surface area contributed by atoms with Crippen molar-refractivity contribution in [3.05, 3.63) is 73.3 Å². The van der Waals surface area contributed by atoms with Crippen molar-refractivity contribution >= 4 is 50.9 Å². The Labute approximate surface area is 205 Å². The Morgan fingerprint density at radius 2 is 1.88 bits per heavy atom. The minimum atomic E-state index is -0.486. The molecule has 1 aromatic carbocycles. The summed E-state index contributed by atoms with van der Waals surface area (Å²) in [5.41, 5.74) is 4.46. The summed E-state index contributed by atoms with van der Waals surface area (Å²) in [6, 6.07) is 11.0. The van der Waals surface area contributed by atoms with Crippen LogP contribution >= 0.6 is 27.3 Å². The van der Waals surface area contributed by atoms with Crippen molar-refractivity contribution in [2.24, 2.45) is 0 Å². The second kappa shape index (κ2) is 10.2. The molecule has 0 fully saturated rings. The number of hydrogen-bond acceptors (Lipinski definition) is 5. The van der Waals surface area contributed by atoms with Crippen LogP contribution < -0.4 is 5.32 Å². The Morgan fingerprint density at radius 1 is 1.21 bits per heavy atom. The molecule has 0 spiro atoms. The summed E-state index contributed by atoms with van der Waals surface area (Å²) < 4.78 is 8.16. The molecule has 1 amide bonds. The molecule has 2 heterocycles. The second-order valence-electron chi connectivity index (χ2n) is 7.48. The molecule has 3 aromatic rings. The highest BCUT2D eigenvalue weighted by Gasteiger charge is 2.24. The maximum Gasteiger partial charge on any atom is 0.341 e. The van der Waals surface area contributed by atoms with Crippen molar-refractivity contribution in [3.63, 3.8) is 0 Å². The minimum Gasteiger partial charge on any atom is -0.462 e. The first-order valence-electron chi connectivity index (χ1n) is 10.3. The van der Waals surface area contributed by atoms with Crippen LogP contribution in [-0.2, 0) is 9.53 Å². The third kappa shape index (κ3) is 5.10. The average molecular weight is 526 g/mol. The van der Waals surface area contributed by atoms with E-state index in [1.165, 1.54) is 11.3 Å². The lowest BCUT2D eigenvalue weighted by Gasteiger charge is -2.11. The number of nitrogens with one attached hydrogen (secondary N) is 1.